The minimum atomic E-state index is -0.504. The third-order valence-electron chi connectivity index (χ3n) is 4.82. The Morgan fingerprint density at radius 3 is 2.38 bits per heavy atom. The summed E-state index contributed by atoms with van der Waals surface area (Å²) in [6.07, 6.45) is -0.373. The lowest BCUT2D eigenvalue weighted by Gasteiger charge is -2.39. The number of rotatable bonds is 5. The SMILES string of the molecule is COC(=O)c1ccc2c(Oc3ccc(OC4CN(C(=O)OC(C)(C)C)C4)cc3)csc2c1. The predicted molar refractivity (Wildman–Crippen MR) is 122 cm³/mol. The summed E-state index contributed by atoms with van der Waals surface area (Å²) in [5.41, 5.74) is 0.00661. The van der Waals surface area contributed by atoms with Crippen LogP contribution in [0.15, 0.2) is 47.8 Å². The van der Waals surface area contributed by atoms with Gasteiger partial charge in [0, 0.05) is 15.5 Å². The minimum absolute atomic E-state index is 0.0564. The van der Waals surface area contributed by atoms with Crippen molar-refractivity contribution in [2.24, 2.45) is 0 Å². The molecular weight excluding hydrogens is 430 g/mol. The van der Waals surface area contributed by atoms with Gasteiger partial charge in [-0.05, 0) is 63.2 Å². The van der Waals surface area contributed by atoms with Gasteiger partial charge in [0.05, 0.1) is 25.8 Å². The van der Waals surface area contributed by atoms with Gasteiger partial charge in [0.25, 0.3) is 0 Å². The Hall–Kier alpha value is -3.26. The molecule has 1 fully saturated rings. The largest absolute Gasteiger partial charge is 0.487 e. The van der Waals surface area contributed by atoms with Crippen molar-refractivity contribution in [3.8, 4) is 17.2 Å². The molecule has 0 aliphatic carbocycles. The van der Waals surface area contributed by atoms with Gasteiger partial charge >= 0.3 is 12.1 Å². The molecule has 0 radical (unpaired) electrons. The van der Waals surface area contributed by atoms with Crippen LogP contribution in [0, 0.1) is 0 Å². The molecule has 7 nitrogen and oxygen atoms in total. The molecule has 0 spiro atoms. The number of methoxy groups -OCH3 is 1. The van der Waals surface area contributed by atoms with E-state index < -0.39 is 5.60 Å². The van der Waals surface area contributed by atoms with E-state index in [1.54, 1.807) is 17.0 Å². The molecule has 1 aliphatic rings. The summed E-state index contributed by atoms with van der Waals surface area (Å²) in [5, 5.41) is 2.84. The van der Waals surface area contributed by atoms with Crippen LogP contribution in [0.25, 0.3) is 10.1 Å². The van der Waals surface area contributed by atoms with Crippen LogP contribution in [0.1, 0.15) is 31.1 Å². The Balaban J connectivity index is 1.33. The molecule has 4 rings (SSSR count). The fourth-order valence-corrected chi connectivity index (χ4v) is 4.12. The van der Waals surface area contributed by atoms with Crippen molar-refractivity contribution >= 4 is 33.5 Å². The van der Waals surface area contributed by atoms with E-state index in [2.05, 4.69) is 0 Å². The molecular formula is C24H25NO6S. The number of nitrogens with zero attached hydrogens (tertiary/aromatic N) is 1. The van der Waals surface area contributed by atoms with E-state index in [0.717, 1.165) is 15.8 Å². The van der Waals surface area contributed by atoms with E-state index in [9.17, 15) is 9.59 Å². The van der Waals surface area contributed by atoms with Gasteiger partial charge in [-0.15, -0.1) is 11.3 Å². The van der Waals surface area contributed by atoms with Crippen molar-refractivity contribution in [2.45, 2.75) is 32.5 Å². The molecule has 3 aromatic rings. The monoisotopic (exact) mass is 455 g/mol. The number of esters is 1. The van der Waals surface area contributed by atoms with Crippen LogP contribution in [0.5, 0.6) is 17.2 Å². The molecule has 0 atom stereocenters. The summed E-state index contributed by atoms with van der Waals surface area (Å²) in [6, 6.07) is 12.7. The third kappa shape index (κ3) is 4.96. The predicted octanol–water partition coefficient (Wildman–Crippen LogP) is 5.48. The van der Waals surface area contributed by atoms with E-state index >= 15 is 0 Å². The average molecular weight is 456 g/mol. The Bertz CT molecular complexity index is 1130. The number of likely N-dealkylation sites (tertiary alicyclic amines) is 1. The molecule has 168 valence electrons. The number of hydrogen-bond acceptors (Lipinski definition) is 7. The standard InChI is InChI=1S/C24H25NO6S/c1-24(2,3)31-23(27)25-12-18(13-25)29-16-6-8-17(9-7-16)30-20-14-32-21-11-15(22(26)28-4)5-10-19(20)21/h5-11,14,18H,12-13H2,1-4H3. The van der Waals surface area contributed by atoms with Crippen LogP contribution in [0.4, 0.5) is 4.79 Å². The molecule has 2 aromatic carbocycles. The Morgan fingerprint density at radius 2 is 1.72 bits per heavy atom. The zero-order valence-corrected chi connectivity index (χ0v) is 19.2. The Labute approximate surface area is 190 Å². The molecule has 1 aliphatic heterocycles. The number of ether oxygens (including phenoxy) is 4. The molecule has 0 saturated carbocycles. The van der Waals surface area contributed by atoms with Crippen LogP contribution in [0.3, 0.4) is 0 Å². The van der Waals surface area contributed by atoms with E-state index in [4.69, 9.17) is 18.9 Å². The number of amides is 1. The second kappa shape index (κ2) is 8.70. The molecule has 0 N–H and O–H groups in total. The average Bonchev–Trinajstić information content (AvgIpc) is 3.11. The summed E-state index contributed by atoms with van der Waals surface area (Å²) in [5.74, 6) is 1.75. The van der Waals surface area contributed by atoms with Gasteiger partial charge in [0.1, 0.15) is 29.0 Å². The molecule has 0 unspecified atom stereocenters. The summed E-state index contributed by atoms with van der Waals surface area (Å²) in [6.45, 7) is 6.55. The maximum atomic E-state index is 12.0. The summed E-state index contributed by atoms with van der Waals surface area (Å²) < 4.78 is 23.0. The number of thiophene rings is 1. The molecule has 1 amide bonds. The lowest BCUT2D eigenvalue weighted by molar-refractivity contribution is -0.0221. The highest BCUT2D eigenvalue weighted by molar-refractivity contribution is 7.17. The second-order valence-corrected chi connectivity index (χ2v) is 9.41. The Kier molecular flexibility index (Phi) is 5.97. The zero-order valence-electron chi connectivity index (χ0n) is 18.4. The fourth-order valence-electron chi connectivity index (χ4n) is 3.22. The first kappa shape index (κ1) is 22.0. The lowest BCUT2D eigenvalue weighted by atomic mass is 10.1. The van der Waals surface area contributed by atoms with Crippen LogP contribution >= 0.6 is 11.3 Å². The highest BCUT2D eigenvalue weighted by Crippen LogP contribution is 2.36. The summed E-state index contributed by atoms with van der Waals surface area (Å²) >= 11 is 1.50. The first-order chi connectivity index (χ1) is 15.2. The van der Waals surface area contributed by atoms with E-state index in [-0.39, 0.29) is 18.2 Å². The molecule has 32 heavy (non-hydrogen) atoms. The topological polar surface area (TPSA) is 74.3 Å². The lowest BCUT2D eigenvalue weighted by Crippen LogP contribution is -2.57. The van der Waals surface area contributed by atoms with Gasteiger partial charge in [-0.1, -0.05) is 0 Å². The van der Waals surface area contributed by atoms with Crippen molar-refractivity contribution in [1.29, 1.82) is 0 Å². The van der Waals surface area contributed by atoms with Crippen molar-refractivity contribution < 1.29 is 28.5 Å². The summed E-state index contributed by atoms with van der Waals surface area (Å²) in [7, 11) is 1.37. The number of benzene rings is 2. The highest BCUT2D eigenvalue weighted by Gasteiger charge is 2.35. The molecule has 0 bridgehead atoms. The molecule has 1 aromatic heterocycles. The summed E-state index contributed by atoms with van der Waals surface area (Å²) in [4.78, 5) is 25.3. The van der Waals surface area contributed by atoms with Crippen molar-refractivity contribution in [3.05, 3.63) is 53.4 Å². The molecule has 1 saturated heterocycles. The van der Waals surface area contributed by atoms with E-state index in [1.807, 2.05) is 56.5 Å². The number of hydrogen-bond donors (Lipinski definition) is 0. The maximum absolute atomic E-state index is 12.0. The van der Waals surface area contributed by atoms with Gasteiger partial charge in [0.15, 0.2) is 0 Å². The molecule has 8 heteroatoms. The van der Waals surface area contributed by atoms with E-state index in [1.165, 1.54) is 18.4 Å². The third-order valence-corrected chi connectivity index (χ3v) is 5.74. The minimum Gasteiger partial charge on any atom is -0.487 e. The van der Waals surface area contributed by atoms with Gasteiger partial charge in [-0.3, -0.25) is 0 Å². The van der Waals surface area contributed by atoms with E-state index in [0.29, 0.717) is 30.2 Å². The first-order valence-electron chi connectivity index (χ1n) is 10.2. The second-order valence-electron chi connectivity index (χ2n) is 8.50. The van der Waals surface area contributed by atoms with Gasteiger partial charge in [-0.2, -0.15) is 0 Å². The first-order valence-corrected chi connectivity index (χ1v) is 11.1. The molecule has 2 heterocycles. The number of carbonyl (C=O) groups is 2. The van der Waals surface area contributed by atoms with Gasteiger partial charge < -0.3 is 23.8 Å². The van der Waals surface area contributed by atoms with Crippen molar-refractivity contribution in [1.82, 2.24) is 4.90 Å². The quantitative estimate of drug-likeness (QED) is 0.475. The van der Waals surface area contributed by atoms with Crippen LogP contribution < -0.4 is 9.47 Å². The van der Waals surface area contributed by atoms with Gasteiger partial charge in [0.2, 0.25) is 0 Å². The smallest absolute Gasteiger partial charge is 0.410 e. The zero-order chi connectivity index (χ0) is 22.9. The number of carbonyl (C=O) groups excluding carboxylic acids is 2. The van der Waals surface area contributed by atoms with Crippen molar-refractivity contribution in [3.63, 3.8) is 0 Å². The van der Waals surface area contributed by atoms with Crippen LogP contribution in [0.2, 0.25) is 0 Å². The number of fused-ring (bicyclic) bond motifs is 1. The van der Waals surface area contributed by atoms with Crippen LogP contribution in [-0.2, 0) is 9.47 Å². The van der Waals surface area contributed by atoms with Gasteiger partial charge in [-0.25, -0.2) is 9.59 Å². The highest BCUT2D eigenvalue weighted by atomic mass is 32.1. The van der Waals surface area contributed by atoms with Crippen molar-refractivity contribution in [2.75, 3.05) is 20.2 Å². The fraction of sp³-hybridized carbons (Fsp3) is 0.333. The maximum Gasteiger partial charge on any atom is 0.410 e. The normalized spacial score (nSPS) is 14.1. The van der Waals surface area contributed by atoms with Crippen LogP contribution in [-0.4, -0.2) is 48.9 Å². The Morgan fingerprint density at radius 1 is 1.03 bits per heavy atom.